The molecule has 4 rings (SSSR count). The number of anilines is 2. The molecule has 2 N–H and O–H groups in total. The fourth-order valence-corrected chi connectivity index (χ4v) is 5.54. The zero-order chi connectivity index (χ0) is 32.0. The number of aromatic nitrogens is 2. The number of carbonyl (C=O) groups is 2. The lowest BCUT2D eigenvalue weighted by molar-refractivity contribution is -0.384. The van der Waals surface area contributed by atoms with Crippen molar-refractivity contribution in [3.8, 4) is 10.4 Å². The van der Waals surface area contributed by atoms with Crippen LogP contribution in [0.3, 0.4) is 0 Å². The number of nitrogens with zero attached hydrogens (tertiary/aromatic N) is 4. The molecule has 0 spiro atoms. The van der Waals surface area contributed by atoms with Gasteiger partial charge < -0.3 is 15.0 Å². The maximum absolute atomic E-state index is 14.9. The monoisotopic (exact) mass is 626 g/mol. The first kappa shape index (κ1) is 31.9. The predicted octanol–water partition coefficient (Wildman–Crippen LogP) is 5.55. The van der Waals surface area contributed by atoms with Crippen LogP contribution in [-0.4, -0.2) is 52.7 Å². The zero-order valence-corrected chi connectivity index (χ0v) is 24.7. The van der Waals surface area contributed by atoms with Crippen LogP contribution >= 0.6 is 11.3 Å². The first-order valence-electron chi connectivity index (χ1n) is 13.3. The van der Waals surface area contributed by atoms with Crippen LogP contribution in [0.1, 0.15) is 34.8 Å². The van der Waals surface area contributed by atoms with Crippen LogP contribution in [0.25, 0.3) is 10.4 Å². The number of hydrogen-bond acceptors (Lipinski definition) is 9. The Kier molecular flexibility index (Phi) is 10.1. The number of rotatable bonds is 11. The Morgan fingerprint density at radius 3 is 2.30 bits per heavy atom. The van der Waals surface area contributed by atoms with Gasteiger partial charge in [0.1, 0.15) is 16.6 Å². The molecule has 2 aromatic carbocycles. The second-order valence-electron chi connectivity index (χ2n) is 9.79. The van der Waals surface area contributed by atoms with Crippen molar-refractivity contribution in [3.05, 3.63) is 103 Å². The molecule has 0 unspecified atom stereocenters. The molecule has 0 atom stereocenters. The first-order valence-corrected chi connectivity index (χ1v) is 14.1. The highest BCUT2D eigenvalue weighted by Crippen LogP contribution is 2.44. The summed E-state index contributed by atoms with van der Waals surface area (Å²) in [5.41, 5.74) is -0.164. The van der Waals surface area contributed by atoms with Gasteiger partial charge in [0.25, 0.3) is 17.2 Å². The number of benzene rings is 2. The third-order valence-electron chi connectivity index (χ3n) is 6.22. The minimum absolute atomic E-state index is 0.000281. The quantitative estimate of drug-likeness (QED) is 0.162. The van der Waals surface area contributed by atoms with Gasteiger partial charge >= 0.3 is 6.09 Å². The van der Waals surface area contributed by atoms with Crippen LogP contribution in [0.5, 0.6) is 0 Å². The second kappa shape index (κ2) is 14.0. The highest BCUT2D eigenvalue weighted by atomic mass is 32.1. The van der Waals surface area contributed by atoms with E-state index in [1.54, 1.807) is 25.9 Å². The van der Waals surface area contributed by atoms with Crippen molar-refractivity contribution < 1.29 is 28.0 Å². The topological polar surface area (TPSA) is 151 Å². The fraction of sp³-hybridized carbons (Fsp3) is 0.241. The minimum atomic E-state index is -0.946. The minimum Gasteiger partial charge on any atom is -0.449 e. The third-order valence-corrected chi connectivity index (χ3v) is 7.53. The average Bonchev–Trinajstić information content (AvgIpc) is 3.35. The number of thiophene rings is 1. The zero-order valence-electron chi connectivity index (χ0n) is 23.9. The van der Waals surface area contributed by atoms with E-state index >= 15 is 0 Å². The Bertz CT molecular complexity index is 1700. The second-order valence-corrected chi connectivity index (χ2v) is 10.8. The maximum Gasteiger partial charge on any atom is 0.415 e. The molecule has 230 valence electrons. The van der Waals surface area contributed by atoms with Gasteiger partial charge in [-0.15, -0.1) is 11.3 Å². The molecular formula is C29H28F2N6O6S. The molecule has 0 saturated carbocycles. The average molecular weight is 627 g/mol. The molecule has 15 heteroatoms. The summed E-state index contributed by atoms with van der Waals surface area (Å²) in [4.78, 5) is 53.0. The summed E-state index contributed by atoms with van der Waals surface area (Å²) in [6.07, 6.45) is -0.484. The molecule has 12 nitrogen and oxygen atoms in total. The molecule has 2 aromatic heterocycles. The number of non-ortho nitro benzene ring substituents is 1. The van der Waals surface area contributed by atoms with Crippen molar-refractivity contribution in [1.29, 1.82) is 0 Å². The normalized spacial score (nSPS) is 11.0. The maximum atomic E-state index is 14.9. The number of nitrogens with one attached hydrogen (secondary N) is 2. The van der Waals surface area contributed by atoms with Crippen molar-refractivity contribution in [1.82, 2.24) is 15.1 Å². The highest BCUT2D eigenvalue weighted by molar-refractivity contribution is 7.20. The lowest BCUT2D eigenvalue weighted by Crippen LogP contribution is -2.33. The predicted molar refractivity (Wildman–Crippen MR) is 161 cm³/mol. The van der Waals surface area contributed by atoms with E-state index in [0.29, 0.717) is 22.4 Å². The molecule has 2 heterocycles. The summed E-state index contributed by atoms with van der Waals surface area (Å²) in [6.45, 7) is 1.33. The highest BCUT2D eigenvalue weighted by Gasteiger charge is 2.33. The van der Waals surface area contributed by atoms with Crippen molar-refractivity contribution in [2.45, 2.75) is 26.4 Å². The number of aromatic amines is 1. The smallest absolute Gasteiger partial charge is 0.415 e. The molecule has 0 aliphatic carbocycles. The number of amides is 2. The number of ether oxygens (including phenoxy) is 1. The van der Waals surface area contributed by atoms with Crippen LogP contribution in [0.4, 0.5) is 30.1 Å². The molecular weight excluding hydrogens is 598 g/mol. The van der Waals surface area contributed by atoms with Gasteiger partial charge in [0.05, 0.1) is 23.6 Å². The summed E-state index contributed by atoms with van der Waals surface area (Å²) >= 11 is 0.982. The summed E-state index contributed by atoms with van der Waals surface area (Å²) in [6, 6.07) is 11.4. The number of carbonyl (C=O) groups excluding carboxylic acids is 2. The lowest BCUT2D eigenvalue weighted by Gasteiger charge is -2.23. The standard InChI is InChI=1S/C29H28F2N6O6S/c1-4-14-43-29(40)36(16-19-21(30)6-5-7-22(19)31)28-25(27(39)32-23-12-13-24(38)34-33-23)20(15-35(2)3)26(44-28)17-8-10-18(11-9-17)37(41)42/h5-13H,4,14-16H2,1-3H3,(H,34,38)(H,32,33,39). The Balaban J connectivity index is 1.97. The van der Waals surface area contributed by atoms with Crippen molar-refractivity contribution in [3.63, 3.8) is 0 Å². The van der Waals surface area contributed by atoms with Gasteiger partial charge in [0.2, 0.25) is 0 Å². The Morgan fingerprint density at radius 1 is 1.05 bits per heavy atom. The van der Waals surface area contributed by atoms with Crippen LogP contribution < -0.4 is 15.8 Å². The summed E-state index contributed by atoms with van der Waals surface area (Å²) in [5.74, 6) is -2.53. The van der Waals surface area contributed by atoms with Crippen LogP contribution in [0, 0.1) is 21.7 Å². The van der Waals surface area contributed by atoms with Crippen molar-refractivity contribution >= 4 is 39.8 Å². The van der Waals surface area contributed by atoms with E-state index in [1.165, 1.54) is 36.4 Å². The van der Waals surface area contributed by atoms with Gasteiger partial charge in [-0.2, -0.15) is 5.10 Å². The van der Waals surface area contributed by atoms with E-state index in [9.17, 15) is 33.3 Å². The van der Waals surface area contributed by atoms with Crippen LogP contribution in [-0.2, 0) is 17.8 Å². The van der Waals surface area contributed by atoms with E-state index in [-0.39, 0.29) is 35.2 Å². The molecule has 0 bridgehead atoms. The van der Waals surface area contributed by atoms with Gasteiger partial charge in [-0.3, -0.25) is 24.6 Å². The van der Waals surface area contributed by atoms with Crippen LogP contribution in [0.15, 0.2) is 59.4 Å². The van der Waals surface area contributed by atoms with E-state index < -0.39 is 46.2 Å². The van der Waals surface area contributed by atoms with Gasteiger partial charge in [-0.05, 0) is 62.0 Å². The number of nitro groups is 1. The van der Waals surface area contributed by atoms with Crippen LogP contribution in [0.2, 0.25) is 0 Å². The fourth-order valence-electron chi connectivity index (χ4n) is 4.23. The van der Waals surface area contributed by atoms with Crippen molar-refractivity contribution in [2.75, 3.05) is 30.9 Å². The molecule has 4 aromatic rings. The van der Waals surface area contributed by atoms with E-state index in [2.05, 4.69) is 15.5 Å². The number of hydrogen-bond donors (Lipinski definition) is 2. The summed E-state index contributed by atoms with van der Waals surface area (Å²) < 4.78 is 35.1. The third kappa shape index (κ3) is 7.30. The van der Waals surface area contributed by atoms with Gasteiger partial charge in [0.15, 0.2) is 5.82 Å². The van der Waals surface area contributed by atoms with E-state index in [1.807, 2.05) is 0 Å². The largest absolute Gasteiger partial charge is 0.449 e. The number of H-pyrrole nitrogens is 1. The molecule has 0 aliphatic rings. The molecule has 0 radical (unpaired) electrons. The number of halogens is 2. The first-order chi connectivity index (χ1) is 21.0. The van der Waals surface area contributed by atoms with E-state index in [4.69, 9.17) is 4.74 Å². The summed E-state index contributed by atoms with van der Waals surface area (Å²) in [5, 5.41) is 19.9. The molecule has 44 heavy (non-hydrogen) atoms. The van der Waals surface area contributed by atoms with Gasteiger partial charge in [-0.1, -0.05) is 13.0 Å². The van der Waals surface area contributed by atoms with Crippen molar-refractivity contribution in [2.24, 2.45) is 0 Å². The number of nitro benzene ring substituents is 1. The lowest BCUT2D eigenvalue weighted by atomic mass is 10.0. The Hall–Kier alpha value is -5.02. The van der Waals surface area contributed by atoms with E-state index in [0.717, 1.165) is 34.4 Å². The Labute approximate surface area is 254 Å². The SMILES string of the molecule is CCCOC(=O)N(Cc1c(F)cccc1F)c1sc(-c2ccc([N+](=O)[O-])cc2)c(CN(C)C)c1C(=O)Nc1ccc(=O)[nH]n1. The molecule has 0 saturated heterocycles. The molecule has 2 amide bonds. The molecule has 0 fully saturated rings. The summed E-state index contributed by atoms with van der Waals surface area (Å²) in [7, 11) is 3.51. The van der Waals surface area contributed by atoms with Gasteiger partial charge in [0, 0.05) is 35.2 Å². The molecule has 0 aliphatic heterocycles. The van der Waals surface area contributed by atoms with Gasteiger partial charge in [-0.25, -0.2) is 18.7 Å². The Morgan fingerprint density at radius 2 is 1.73 bits per heavy atom.